The molecule has 0 unspecified atom stereocenters. The van der Waals surface area contributed by atoms with Gasteiger partial charge in [-0.1, -0.05) is 12.1 Å². The van der Waals surface area contributed by atoms with Crippen LogP contribution in [0.4, 0.5) is 5.69 Å². The van der Waals surface area contributed by atoms with Crippen molar-refractivity contribution in [3.63, 3.8) is 0 Å². The maximum Gasteiger partial charge on any atom is 0.328 e. The lowest BCUT2D eigenvalue weighted by molar-refractivity contribution is -0.131. The number of fused-ring (bicyclic) bond motifs is 1. The van der Waals surface area contributed by atoms with E-state index in [4.69, 9.17) is 4.74 Å². The quantitative estimate of drug-likeness (QED) is 0.684. The number of hydrogen-bond acceptors (Lipinski definition) is 6. The molecular formula is C20H22N4O4S. The Hall–Kier alpha value is -3.07. The van der Waals surface area contributed by atoms with Crippen molar-refractivity contribution < 1.29 is 9.53 Å². The number of nitrogens with one attached hydrogen (secondary N) is 1. The first kappa shape index (κ1) is 19.3. The maximum absolute atomic E-state index is 12.6. The van der Waals surface area contributed by atoms with Crippen LogP contribution in [0.3, 0.4) is 0 Å². The van der Waals surface area contributed by atoms with Crippen molar-refractivity contribution in [3.05, 3.63) is 56.5 Å². The summed E-state index contributed by atoms with van der Waals surface area (Å²) in [5, 5.41) is 1.76. The van der Waals surface area contributed by atoms with Crippen LogP contribution in [0.1, 0.15) is 6.42 Å². The zero-order valence-electron chi connectivity index (χ0n) is 16.1. The van der Waals surface area contributed by atoms with Gasteiger partial charge in [-0.15, -0.1) is 11.3 Å². The van der Waals surface area contributed by atoms with E-state index in [2.05, 4.69) is 9.88 Å². The van der Waals surface area contributed by atoms with Crippen LogP contribution in [0.25, 0.3) is 10.2 Å². The number of carbonyl (C=O) groups is 1. The lowest BCUT2D eigenvalue weighted by Crippen LogP contribution is -2.49. The predicted octanol–water partition coefficient (Wildman–Crippen LogP) is 1.50. The van der Waals surface area contributed by atoms with Gasteiger partial charge >= 0.3 is 5.69 Å². The molecule has 1 aliphatic heterocycles. The molecule has 0 atom stereocenters. The minimum atomic E-state index is -0.477. The van der Waals surface area contributed by atoms with E-state index in [0.29, 0.717) is 36.4 Å². The van der Waals surface area contributed by atoms with Crippen molar-refractivity contribution >= 4 is 33.1 Å². The third kappa shape index (κ3) is 3.77. The van der Waals surface area contributed by atoms with Crippen LogP contribution < -0.4 is 20.9 Å². The molecule has 4 rings (SSSR count). The molecule has 3 heterocycles. The van der Waals surface area contributed by atoms with Gasteiger partial charge in [-0.3, -0.25) is 14.2 Å². The molecule has 29 heavy (non-hydrogen) atoms. The van der Waals surface area contributed by atoms with Crippen molar-refractivity contribution in [2.24, 2.45) is 0 Å². The summed E-state index contributed by atoms with van der Waals surface area (Å²) >= 11 is 1.29. The van der Waals surface area contributed by atoms with E-state index < -0.39 is 5.69 Å². The molecule has 3 aromatic rings. The highest BCUT2D eigenvalue weighted by molar-refractivity contribution is 7.17. The van der Waals surface area contributed by atoms with Crippen LogP contribution in [-0.4, -0.2) is 53.6 Å². The molecule has 0 spiro atoms. The second-order valence-electron chi connectivity index (χ2n) is 6.84. The monoisotopic (exact) mass is 414 g/mol. The van der Waals surface area contributed by atoms with Gasteiger partial charge < -0.3 is 19.5 Å². The Kier molecular flexibility index (Phi) is 5.39. The number of carbonyl (C=O) groups excluding carboxylic acids is 1. The lowest BCUT2D eigenvalue weighted by Gasteiger charge is -2.36. The average molecular weight is 414 g/mol. The van der Waals surface area contributed by atoms with Crippen LogP contribution in [0.15, 0.2) is 45.3 Å². The molecule has 8 nitrogen and oxygen atoms in total. The summed E-state index contributed by atoms with van der Waals surface area (Å²) in [5.74, 6) is 0.761. The zero-order chi connectivity index (χ0) is 20.4. The summed E-state index contributed by atoms with van der Waals surface area (Å²) in [6.07, 6.45) is 0.120. The van der Waals surface area contributed by atoms with Crippen molar-refractivity contribution in [1.82, 2.24) is 14.5 Å². The van der Waals surface area contributed by atoms with E-state index in [1.54, 1.807) is 23.5 Å². The molecule has 1 N–H and O–H groups in total. The third-order valence-corrected chi connectivity index (χ3v) is 6.10. The first-order valence-electron chi connectivity index (χ1n) is 9.44. The van der Waals surface area contributed by atoms with E-state index in [1.165, 1.54) is 11.3 Å². The van der Waals surface area contributed by atoms with Crippen LogP contribution >= 0.6 is 11.3 Å². The number of ether oxygens (including phenoxy) is 1. The minimum Gasteiger partial charge on any atom is -0.495 e. The maximum atomic E-state index is 12.6. The van der Waals surface area contributed by atoms with Gasteiger partial charge in [0.2, 0.25) is 5.91 Å². The smallest absolute Gasteiger partial charge is 0.328 e. The summed E-state index contributed by atoms with van der Waals surface area (Å²) in [4.78, 5) is 43.9. The number of para-hydroxylation sites is 2. The second-order valence-corrected chi connectivity index (χ2v) is 7.76. The van der Waals surface area contributed by atoms with Crippen molar-refractivity contribution in [1.29, 1.82) is 0 Å². The number of thiophene rings is 1. The highest BCUT2D eigenvalue weighted by atomic mass is 32.1. The van der Waals surface area contributed by atoms with Crippen molar-refractivity contribution in [2.75, 3.05) is 38.2 Å². The van der Waals surface area contributed by atoms with Gasteiger partial charge in [0.1, 0.15) is 10.4 Å². The molecule has 0 radical (unpaired) electrons. The van der Waals surface area contributed by atoms with E-state index in [1.807, 2.05) is 24.3 Å². The molecule has 1 saturated heterocycles. The van der Waals surface area contributed by atoms with Crippen LogP contribution in [-0.2, 0) is 11.3 Å². The molecule has 1 amide bonds. The molecule has 1 aliphatic rings. The largest absolute Gasteiger partial charge is 0.495 e. The number of piperazine rings is 1. The molecule has 1 aromatic carbocycles. The van der Waals surface area contributed by atoms with Crippen LogP contribution in [0.2, 0.25) is 0 Å². The summed E-state index contributed by atoms with van der Waals surface area (Å²) in [6.45, 7) is 2.66. The third-order valence-electron chi connectivity index (χ3n) is 5.20. The van der Waals surface area contributed by atoms with E-state index >= 15 is 0 Å². The lowest BCUT2D eigenvalue weighted by atomic mass is 10.2. The molecule has 2 aromatic heterocycles. The van der Waals surface area contributed by atoms with Crippen molar-refractivity contribution in [3.8, 4) is 5.75 Å². The fourth-order valence-electron chi connectivity index (χ4n) is 3.63. The highest BCUT2D eigenvalue weighted by Crippen LogP contribution is 2.28. The Labute approximate surface area is 170 Å². The number of aromatic nitrogens is 2. The first-order valence-corrected chi connectivity index (χ1v) is 10.3. The Morgan fingerprint density at radius 2 is 1.90 bits per heavy atom. The van der Waals surface area contributed by atoms with Gasteiger partial charge in [-0.05, 0) is 23.6 Å². The fourth-order valence-corrected chi connectivity index (χ4v) is 4.42. The Bertz CT molecular complexity index is 1140. The zero-order valence-corrected chi connectivity index (χ0v) is 16.9. The van der Waals surface area contributed by atoms with E-state index in [0.717, 1.165) is 16.0 Å². The Balaban J connectivity index is 1.38. The topological polar surface area (TPSA) is 87.6 Å². The highest BCUT2D eigenvalue weighted by Gasteiger charge is 2.23. The number of nitrogens with zero attached hydrogens (tertiary/aromatic N) is 3. The number of amides is 1. The number of H-pyrrole nitrogens is 1. The van der Waals surface area contributed by atoms with E-state index in [-0.39, 0.29) is 24.4 Å². The number of hydrogen-bond donors (Lipinski definition) is 1. The summed E-state index contributed by atoms with van der Waals surface area (Å²) in [5.41, 5.74) is 0.742. The fraction of sp³-hybridized carbons (Fsp3) is 0.350. The molecule has 0 bridgehead atoms. The molecule has 0 saturated carbocycles. The van der Waals surface area contributed by atoms with Gasteiger partial charge in [0.15, 0.2) is 0 Å². The number of benzene rings is 1. The number of anilines is 1. The molecule has 152 valence electrons. The standard InChI is InChI=1S/C20H22N4O4S/c1-28-16-5-3-2-4-15(16)22-9-11-23(12-10-22)17(25)6-8-24-19(26)18-14(7-13-29-18)21-20(24)27/h2-5,7,13H,6,8-12H2,1H3,(H,21,27). The summed E-state index contributed by atoms with van der Waals surface area (Å²) in [7, 11) is 1.65. The van der Waals surface area contributed by atoms with Gasteiger partial charge in [-0.2, -0.15) is 0 Å². The van der Waals surface area contributed by atoms with Gasteiger partial charge in [0, 0.05) is 39.1 Å². The van der Waals surface area contributed by atoms with Gasteiger partial charge in [0.25, 0.3) is 5.56 Å². The number of methoxy groups -OCH3 is 1. The van der Waals surface area contributed by atoms with Crippen LogP contribution in [0.5, 0.6) is 5.75 Å². The minimum absolute atomic E-state index is 0.0535. The number of aromatic amines is 1. The Morgan fingerprint density at radius 1 is 1.14 bits per heavy atom. The normalized spacial score (nSPS) is 14.4. The molecule has 9 heteroatoms. The van der Waals surface area contributed by atoms with Crippen LogP contribution in [0, 0.1) is 0 Å². The van der Waals surface area contributed by atoms with Gasteiger partial charge in [0.05, 0.1) is 18.3 Å². The van der Waals surface area contributed by atoms with Crippen molar-refractivity contribution in [2.45, 2.75) is 13.0 Å². The average Bonchev–Trinajstić information content (AvgIpc) is 3.22. The molecular weight excluding hydrogens is 392 g/mol. The number of rotatable bonds is 5. The second kappa shape index (κ2) is 8.12. The molecule has 0 aliphatic carbocycles. The summed E-state index contributed by atoms with van der Waals surface area (Å²) in [6, 6.07) is 9.54. The molecule has 1 fully saturated rings. The first-order chi connectivity index (χ1) is 14.1. The van der Waals surface area contributed by atoms with E-state index in [9.17, 15) is 14.4 Å². The SMILES string of the molecule is COc1ccccc1N1CCN(C(=O)CCn2c(=O)[nH]c3ccsc3c2=O)CC1. The Morgan fingerprint density at radius 3 is 2.66 bits per heavy atom. The summed E-state index contributed by atoms with van der Waals surface area (Å²) < 4.78 is 7.04. The predicted molar refractivity (Wildman–Crippen MR) is 113 cm³/mol. The van der Waals surface area contributed by atoms with Gasteiger partial charge in [-0.25, -0.2) is 4.79 Å².